The Hall–Kier alpha value is -3.02. The SMILES string of the molecule is CC(O)C(NC(=O)C(Cc1ccccc1)NC(=O)CNC(=O)C(N)CCCCN)C(=O)O. The average molecular weight is 452 g/mol. The molecule has 0 aliphatic heterocycles. The van der Waals surface area contributed by atoms with Gasteiger partial charge in [0.2, 0.25) is 17.7 Å². The van der Waals surface area contributed by atoms with Crippen molar-refractivity contribution in [3.05, 3.63) is 35.9 Å². The molecule has 9 N–H and O–H groups in total. The molecule has 1 aromatic rings. The summed E-state index contributed by atoms with van der Waals surface area (Å²) in [6.07, 6.45) is 0.590. The number of benzene rings is 1. The number of carbonyl (C=O) groups is 4. The van der Waals surface area contributed by atoms with Gasteiger partial charge in [0.25, 0.3) is 0 Å². The van der Waals surface area contributed by atoms with E-state index in [1.807, 2.05) is 0 Å². The first-order valence-corrected chi connectivity index (χ1v) is 10.4. The number of hydrogen-bond acceptors (Lipinski definition) is 7. The monoisotopic (exact) mass is 451 g/mol. The predicted molar refractivity (Wildman–Crippen MR) is 117 cm³/mol. The molecule has 0 spiro atoms. The van der Waals surface area contributed by atoms with Crippen molar-refractivity contribution < 1.29 is 29.4 Å². The molecule has 0 saturated carbocycles. The van der Waals surface area contributed by atoms with Gasteiger partial charge in [-0.3, -0.25) is 14.4 Å². The lowest BCUT2D eigenvalue weighted by molar-refractivity contribution is -0.145. The van der Waals surface area contributed by atoms with Gasteiger partial charge in [0.1, 0.15) is 6.04 Å². The minimum absolute atomic E-state index is 0.0805. The highest BCUT2D eigenvalue weighted by Gasteiger charge is 2.29. The van der Waals surface area contributed by atoms with E-state index in [1.54, 1.807) is 30.3 Å². The molecule has 0 fully saturated rings. The average Bonchev–Trinajstić information content (AvgIpc) is 2.75. The Labute approximate surface area is 186 Å². The minimum atomic E-state index is -1.54. The second kappa shape index (κ2) is 14.1. The van der Waals surface area contributed by atoms with E-state index in [9.17, 15) is 29.4 Å². The number of nitrogens with two attached hydrogens (primary N) is 2. The summed E-state index contributed by atoms with van der Waals surface area (Å²) in [5.74, 6) is -3.33. The zero-order valence-corrected chi connectivity index (χ0v) is 18.1. The number of carboxylic acid groups (broad SMARTS) is 1. The lowest BCUT2D eigenvalue weighted by atomic mass is 10.0. The molecule has 11 heteroatoms. The molecule has 178 valence electrons. The fraction of sp³-hybridized carbons (Fsp3) is 0.524. The van der Waals surface area contributed by atoms with E-state index in [4.69, 9.17) is 11.5 Å². The number of nitrogens with one attached hydrogen (secondary N) is 3. The molecule has 0 aliphatic carbocycles. The first kappa shape index (κ1) is 27.0. The van der Waals surface area contributed by atoms with Crippen LogP contribution in [0.1, 0.15) is 31.7 Å². The van der Waals surface area contributed by atoms with Crippen molar-refractivity contribution in [2.24, 2.45) is 11.5 Å². The molecule has 0 bridgehead atoms. The highest BCUT2D eigenvalue weighted by Crippen LogP contribution is 2.05. The third kappa shape index (κ3) is 9.86. The van der Waals surface area contributed by atoms with Crippen LogP contribution in [0.2, 0.25) is 0 Å². The van der Waals surface area contributed by atoms with Crippen LogP contribution in [0.5, 0.6) is 0 Å². The van der Waals surface area contributed by atoms with Gasteiger partial charge in [-0.05, 0) is 31.9 Å². The van der Waals surface area contributed by atoms with Crippen LogP contribution in [0.15, 0.2) is 30.3 Å². The van der Waals surface area contributed by atoms with Crippen LogP contribution in [0.4, 0.5) is 0 Å². The lowest BCUT2D eigenvalue weighted by Gasteiger charge is -2.23. The molecule has 0 radical (unpaired) electrons. The molecule has 1 rings (SSSR count). The second-order valence-electron chi connectivity index (χ2n) is 7.48. The second-order valence-corrected chi connectivity index (χ2v) is 7.48. The van der Waals surface area contributed by atoms with Crippen LogP contribution >= 0.6 is 0 Å². The number of carbonyl (C=O) groups excluding carboxylic acids is 3. The summed E-state index contributed by atoms with van der Waals surface area (Å²) in [6, 6.07) is 5.36. The fourth-order valence-electron chi connectivity index (χ4n) is 2.89. The smallest absolute Gasteiger partial charge is 0.328 e. The van der Waals surface area contributed by atoms with Crippen LogP contribution < -0.4 is 27.4 Å². The number of aliphatic carboxylic acids is 1. The standard InChI is InChI=1S/C21H33N5O6/c1-13(27)18(21(31)32)26-20(30)16(11-14-7-3-2-4-8-14)25-17(28)12-24-19(29)15(23)9-5-6-10-22/h2-4,7-8,13,15-16,18,27H,5-6,9-12,22-23H2,1H3,(H,24,29)(H,25,28)(H,26,30)(H,31,32). The Kier molecular flexibility index (Phi) is 11.9. The van der Waals surface area contributed by atoms with Crippen molar-refractivity contribution in [1.82, 2.24) is 16.0 Å². The summed E-state index contributed by atoms with van der Waals surface area (Å²) in [5.41, 5.74) is 11.9. The van der Waals surface area contributed by atoms with Gasteiger partial charge < -0.3 is 37.6 Å². The summed E-state index contributed by atoms with van der Waals surface area (Å²) in [5, 5.41) is 26.0. The van der Waals surface area contributed by atoms with Crippen LogP contribution in [0.25, 0.3) is 0 Å². The number of carboxylic acids is 1. The van der Waals surface area contributed by atoms with E-state index < -0.39 is 54.5 Å². The van der Waals surface area contributed by atoms with Gasteiger partial charge in [-0.15, -0.1) is 0 Å². The predicted octanol–water partition coefficient (Wildman–Crippen LogP) is -1.76. The maximum atomic E-state index is 12.7. The van der Waals surface area contributed by atoms with E-state index in [0.29, 0.717) is 19.4 Å². The molecule has 32 heavy (non-hydrogen) atoms. The van der Waals surface area contributed by atoms with Gasteiger partial charge in [0.05, 0.1) is 18.7 Å². The van der Waals surface area contributed by atoms with Crippen LogP contribution in [0, 0.1) is 0 Å². The van der Waals surface area contributed by atoms with Crippen molar-refractivity contribution in [2.75, 3.05) is 13.1 Å². The quantitative estimate of drug-likeness (QED) is 0.161. The molecule has 0 aliphatic rings. The van der Waals surface area contributed by atoms with Gasteiger partial charge >= 0.3 is 5.97 Å². The van der Waals surface area contributed by atoms with Crippen molar-refractivity contribution in [2.45, 2.75) is 56.8 Å². The molecular weight excluding hydrogens is 418 g/mol. The first-order valence-electron chi connectivity index (χ1n) is 10.4. The Morgan fingerprint density at radius 2 is 1.69 bits per heavy atom. The Morgan fingerprint density at radius 3 is 2.25 bits per heavy atom. The highest BCUT2D eigenvalue weighted by molar-refractivity contribution is 5.92. The first-order chi connectivity index (χ1) is 15.1. The Morgan fingerprint density at radius 1 is 1.03 bits per heavy atom. The van der Waals surface area contributed by atoms with Crippen LogP contribution in [-0.2, 0) is 25.6 Å². The molecule has 3 amide bonds. The maximum Gasteiger partial charge on any atom is 0.328 e. The minimum Gasteiger partial charge on any atom is -0.480 e. The van der Waals surface area contributed by atoms with Gasteiger partial charge in [-0.2, -0.15) is 0 Å². The lowest BCUT2D eigenvalue weighted by Crippen LogP contribution is -2.56. The molecular formula is C21H33N5O6. The Balaban J connectivity index is 2.76. The Bertz CT molecular complexity index is 758. The summed E-state index contributed by atoms with van der Waals surface area (Å²) < 4.78 is 0. The molecule has 0 aromatic heterocycles. The van der Waals surface area contributed by atoms with Gasteiger partial charge in [-0.1, -0.05) is 36.8 Å². The van der Waals surface area contributed by atoms with Crippen molar-refractivity contribution in [3.63, 3.8) is 0 Å². The third-order valence-corrected chi connectivity index (χ3v) is 4.71. The van der Waals surface area contributed by atoms with Gasteiger partial charge in [-0.25, -0.2) is 4.79 Å². The molecule has 4 atom stereocenters. The maximum absolute atomic E-state index is 12.7. The fourth-order valence-corrected chi connectivity index (χ4v) is 2.89. The number of aliphatic hydroxyl groups is 1. The number of unbranched alkanes of at least 4 members (excludes halogenated alkanes) is 1. The summed E-state index contributed by atoms with van der Waals surface area (Å²) in [7, 11) is 0. The largest absolute Gasteiger partial charge is 0.480 e. The van der Waals surface area contributed by atoms with Gasteiger partial charge in [0, 0.05) is 6.42 Å². The normalized spacial score (nSPS) is 14.5. The molecule has 0 heterocycles. The summed E-state index contributed by atoms with van der Waals surface area (Å²) >= 11 is 0. The molecule has 1 aromatic carbocycles. The van der Waals surface area contributed by atoms with E-state index in [0.717, 1.165) is 12.0 Å². The number of hydrogen-bond donors (Lipinski definition) is 7. The van der Waals surface area contributed by atoms with Crippen LogP contribution in [0.3, 0.4) is 0 Å². The summed E-state index contributed by atoms with van der Waals surface area (Å²) in [6.45, 7) is 1.33. The van der Waals surface area contributed by atoms with Gasteiger partial charge in [0.15, 0.2) is 6.04 Å². The van der Waals surface area contributed by atoms with Crippen LogP contribution in [-0.4, -0.2) is 71.2 Å². The number of rotatable bonds is 14. The van der Waals surface area contributed by atoms with E-state index in [1.165, 1.54) is 6.92 Å². The van der Waals surface area contributed by atoms with E-state index in [-0.39, 0.29) is 6.42 Å². The zero-order valence-electron chi connectivity index (χ0n) is 18.1. The molecule has 0 saturated heterocycles. The summed E-state index contributed by atoms with van der Waals surface area (Å²) in [4.78, 5) is 48.4. The topological polar surface area (TPSA) is 197 Å². The zero-order chi connectivity index (χ0) is 24.1. The number of amides is 3. The number of aliphatic hydroxyl groups excluding tert-OH is 1. The van der Waals surface area contributed by atoms with E-state index in [2.05, 4.69) is 16.0 Å². The highest BCUT2D eigenvalue weighted by atomic mass is 16.4. The molecule has 11 nitrogen and oxygen atoms in total. The molecule has 4 unspecified atom stereocenters. The third-order valence-electron chi connectivity index (χ3n) is 4.71. The van der Waals surface area contributed by atoms with E-state index >= 15 is 0 Å². The van der Waals surface area contributed by atoms with Crippen molar-refractivity contribution in [1.29, 1.82) is 0 Å². The van der Waals surface area contributed by atoms with Crippen molar-refractivity contribution in [3.8, 4) is 0 Å². The van der Waals surface area contributed by atoms with Crippen molar-refractivity contribution >= 4 is 23.7 Å².